The molecule has 0 unspecified atom stereocenters. The van der Waals surface area contributed by atoms with Gasteiger partial charge < -0.3 is 14.8 Å². The molecule has 1 amide bonds. The highest BCUT2D eigenvalue weighted by molar-refractivity contribution is 9.10. The molecule has 5 nitrogen and oxygen atoms in total. The monoisotopic (exact) mass is 568 g/mol. The smallest absolute Gasteiger partial charge is 0.276 e. The summed E-state index contributed by atoms with van der Waals surface area (Å²) in [6.07, 6.45) is 7.23. The first-order valence-corrected chi connectivity index (χ1v) is 12.6. The summed E-state index contributed by atoms with van der Waals surface area (Å²) in [4.78, 5) is 14.8. The lowest BCUT2D eigenvalue weighted by Gasteiger charge is -2.29. The predicted octanol–water partition coefficient (Wildman–Crippen LogP) is 6.73. The van der Waals surface area contributed by atoms with Crippen LogP contribution in [0.15, 0.2) is 40.5 Å². The topological polar surface area (TPSA) is 50.8 Å². The Morgan fingerprint density at radius 2 is 1.97 bits per heavy atom. The van der Waals surface area contributed by atoms with Crippen LogP contribution in [0.1, 0.15) is 43.2 Å². The molecule has 1 saturated heterocycles. The molecule has 2 fully saturated rings. The maximum Gasteiger partial charge on any atom is 0.276 e. The molecule has 0 bridgehead atoms. The van der Waals surface area contributed by atoms with E-state index in [1.807, 2.05) is 18.2 Å². The molecule has 1 aliphatic heterocycles. The number of thiocarbonyl (C=S) groups is 1. The van der Waals surface area contributed by atoms with Gasteiger partial charge in [0.25, 0.3) is 5.91 Å². The molecule has 0 radical (unpaired) electrons. The number of ether oxygens (including phenoxy) is 2. The summed E-state index contributed by atoms with van der Waals surface area (Å²) in [5.74, 6) is 0.980. The van der Waals surface area contributed by atoms with Crippen molar-refractivity contribution in [2.45, 2.75) is 44.8 Å². The highest BCUT2D eigenvalue weighted by atomic mass is 79.9. The number of carbonyl (C=O) groups is 1. The molecule has 0 aromatic heterocycles. The summed E-state index contributed by atoms with van der Waals surface area (Å²) < 4.78 is 12.2. The number of nitrogens with one attached hydrogen (secondary N) is 1. The summed E-state index contributed by atoms with van der Waals surface area (Å²) in [5, 5.41) is 4.66. The van der Waals surface area contributed by atoms with E-state index >= 15 is 0 Å². The number of amides is 1. The van der Waals surface area contributed by atoms with Crippen LogP contribution in [0.5, 0.6) is 11.5 Å². The van der Waals surface area contributed by atoms with Gasteiger partial charge in [0.1, 0.15) is 12.3 Å². The molecule has 33 heavy (non-hydrogen) atoms. The van der Waals surface area contributed by atoms with Crippen LogP contribution in [0, 0.1) is 0 Å². The average Bonchev–Trinajstić information content (AvgIpc) is 3.07. The van der Waals surface area contributed by atoms with E-state index in [-0.39, 0.29) is 18.6 Å². The Balaban J connectivity index is 1.54. The maximum atomic E-state index is 13.1. The first-order valence-electron chi connectivity index (χ1n) is 10.7. The summed E-state index contributed by atoms with van der Waals surface area (Å²) in [6.45, 7) is 0.246. The van der Waals surface area contributed by atoms with Crippen molar-refractivity contribution in [3.63, 3.8) is 0 Å². The number of hydrogen-bond acceptors (Lipinski definition) is 4. The van der Waals surface area contributed by atoms with E-state index in [4.69, 9.17) is 44.9 Å². The van der Waals surface area contributed by atoms with Gasteiger partial charge in [-0.1, -0.05) is 48.5 Å². The molecule has 4 rings (SSSR count). The van der Waals surface area contributed by atoms with Crippen LogP contribution in [0.2, 0.25) is 10.0 Å². The molecular formula is C24H23BrCl2N2O3S. The lowest BCUT2D eigenvalue weighted by molar-refractivity contribution is -0.124. The Labute approximate surface area is 217 Å². The number of nitrogens with zero attached hydrogens (tertiary/aromatic N) is 1. The van der Waals surface area contributed by atoms with Crippen LogP contribution in [0.3, 0.4) is 0 Å². The Morgan fingerprint density at radius 3 is 2.67 bits per heavy atom. The van der Waals surface area contributed by atoms with E-state index in [2.05, 4.69) is 21.2 Å². The fourth-order valence-corrected chi connectivity index (χ4v) is 5.52. The molecule has 0 atom stereocenters. The van der Waals surface area contributed by atoms with Crippen molar-refractivity contribution < 1.29 is 14.3 Å². The zero-order valence-corrected chi connectivity index (χ0v) is 21.9. The third-order valence-corrected chi connectivity index (χ3v) is 7.27. The van der Waals surface area contributed by atoms with E-state index in [0.29, 0.717) is 36.8 Å². The highest BCUT2D eigenvalue weighted by Crippen LogP contribution is 2.38. The minimum Gasteiger partial charge on any atom is -0.493 e. The number of carbonyl (C=O) groups excluding carboxylic acids is 1. The van der Waals surface area contributed by atoms with Gasteiger partial charge in [-0.15, -0.1) is 0 Å². The van der Waals surface area contributed by atoms with Gasteiger partial charge in [0.2, 0.25) is 0 Å². The molecule has 2 aliphatic rings. The van der Waals surface area contributed by atoms with E-state index in [9.17, 15) is 4.79 Å². The van der Waals surface area contributed by atoms with Crippen molar-refractivity contribution in [2.24, 2.45) is 0 Å². The third kappa shape index (κ3) is 5.48. The molecule has 2 aromatic rings. The first-order chi connectivity index (χ1) is 15.9. The zero-order chi connectivity index (χ0) is 23.5. The fraction of sp³-hybridized carbons (Fsp3) is 0.333. The fourth-order valence-electron chi connectivity index (χ4n) is 4.14. The van der Waals surface area contributed by atoms with Gasteiger partial charge in [0, 0.05) is 21.7 Å². The summed E-state index contributed by atoms with van der Waals surface area (Å²) in [7, 11) is 1.57. The zero-order valence-electron chi connectivity index (χ0n) is 18.0. The number of rotatable bonds is 6. The second-order valence-electron chi connectivity index (χ2n) is 8.01. The molecule has 1 heterocycles. The van der Waals surface area contributed by atoms with E-state index in [0.717, 1.165) is 36.8 Å². The van der Waals surface area contributed by atoms with Crippen molar-refractivity contribution in [1.82, 2.24) is 10.2 Å². The van der Waals surface area contributed by atoms with Crippen LogP contribution in [0.4, 0.5) is 0 Å². The van der Waals surface area contributed by atoms with Crippen molar-refractivity contribution in [3.05, 3.63) is 61.7 Å². The minimum absolute atomic E-state index is 0.0836. The standard InChI is InChI=1S/C24H23BrCl2N2O3S/c1-31-21-11-14(9-18(25)22(21)32-13-15-7-8-16(26)12-19(15)27)10-20-23(30)29(24(33)28-20)17-5-3-2-4-6-17/h7-12,17H,2-6,13H2,1H3,(H,28,33)/b20-10-. The summed E-state index contributed by atoms with van der Waals surface area (Å²) >= 11 is 21.3. The molecule has 1 aliphatic carbocycles. The van der Waals surface area contributed by atoms with Gasteiger partial charge >= 0.3 is 0 Å². The molecule has 1 saturated carbocycles. The van der Waals surface area contributed by atoms with Crippen molar-refractivity contribution in [3.8, 4) is 11.5 Å². The highest BCUT2D eigenvalue weighted by Gasteiger charge is 2.36. The molecule has 0 spiro atoms. The Bertz CT molecular complexity index is 1120. The molecule has 2 aromatic carbocycles. The van der Waals surface area contributed by atoms with Crippen LogP contribution >= 0.6 is 51.3 Å². The number of benzene rings is 2. The third-order valence-electron chi connectivity index (χ3n) is 5.80. The molecular weight excluding hydrogens is 547 g/mol. The Morgan fingerprint density at radius 1 is 1.21 bits per heavy atom. The number of hydrogen-bond donors (Lipinski definition) is 1. The van der Waals surface area contributed by atoms with E-state index in [1.54, 1.807) is 30.2 Å². The molecule has 1 N–H and O–H groups in total. The lowest BCUT2D eigenvalue weighted by Crippen LogP contribution is -2.41. The van der Waals surface area contributed by atoms with Crippen LogP contribution in [-0.4, -0.2) is 29.1 Å². The molecule has 174 valence electrons. The van der Waals surface area contributed by atoms with E-state index in [1.165, 1.54) is 6.42 Å². The largest absolute Gasteiger partial charge is 0.493 e. The molecule has 9 heteroatoms. The Kier molecular flexibility index (Phi) is 7.84. The predicted molar refractivity (Wildman–Crippen MR) is 139 cm³/mol. The van der Waals surface area contributed by atoms with Gasteiger partial charge in [-0.05, 0) is 76.9 Å². The van der Waals surface area contributed by atoms with Crippen LogP contribution < -0.4 is 14.8 Å². The number of methoxy groups -OCH3 is 1. The van der Waals surface area contributed by atoms with Gasteiger partial charge in [0.15, 0.2) is 16.6 Å². The van der Waals surface area contributed by atoms with Crippen molar-refractivity contribution in [2.75, 3.05) is 7.11 Å². The average molecular weight is 570 g/mol. The van der Waals surface area contributed by atoms with Crippen molar-refractivity contribution in [1.29, 1.82) is 0 Å². The minimum atomic E-state index is -0.0836. The maximum absolute atomic E-state index is 13.1. The normalized spacial score (nSPS) is 18.1. The van der Waals surface area contributed by atoms with E-state index < -0.39 is 0 Å². The van der Waals surface area contributed by atoms with Crippen LogP contribution in [0.25, 0.3) is 6.08 Å². The van der Waals surface area contributed by atoms with Gasteiger partial charge in [-0.3, -0.25) is 9.69 Å². The second kappa shape index (κ2) is 10.6. The second-order valence-corrected chi connectivity index (χ2v) is 10.1. The lowest BCUT2D eigenvalue weighted by atomic mass is 9.94. The van der Waals surface area contributed by atoms with Crippen molar-refractivity contribution >= 4 is 68.4 Å². The quantitative estimate of drug-likeness (QED) is 0.308. The van der Waals surface area contributed by atoms with Gasteiger partial charge in [-0.25, -0.2) is 0 Å². The van der Waals surface area contributed by atoms with Gasteiger partial charge in [0.05, 0.1) is 11.6 Å². The Hall–Kier alpha value is -1.80. The summed E-state index contributed by atoms with van der Waals surface area (Å²) in [5.41, 5.74) is 2.04. The van der Waals surface area contributed by atoms with Gasteiger partial charge in [-0.2, -0.15) is 0 Å². The number of halogens is 3. The SMILES string of the molecule is COc1cc(/C=C2\NC(=S)N(C3CCCCC3)C2=O)cc(Br)c1OCc1ccc(Cl)cc1Cl. The summed E-state index contributed by atoms with van der Waals surface area (Å²) in [6, 6.07) is 9.13. The van der Waals surface area contributed by atoms with Crippen LogP contribution in [-0.2, 0) is 11.4 Å². The first kappa shape index (κ1) is 24.3.